The molecule has 3 nitrogen and oxygen atoms in total. The zero-order valence-electron chi connectivity index (χ0n) is 64.6. The van der Waals surface area contributed by atoms with E-state index in [1.807, 2.05) is 25.1 Å². The van der Waals surface area contributed by atoms with Crippen molar-refractivity contribution in [2.45, 2.75) is 6.92 Å². The van der Waals surface area contributed by atoms with Crippen LogP contribution in [0.4, 0.5) is 0 Å². The molecule has 23 rings (SSSR count). The van der Waals surface area contributed by atoms with Crippen LogP contribution in [0, 0.1) is 0 Å². The van der Waals surface area contributed by atoms with Gasteiger partial charge in [-0.2, -0.15) is 0 Å². The van der Waals surface area contributed by atoms with Crippen molar-refractivity contribution >= 4 is 132 Å². The van der Waals surface area contributed by atoms with Crippen molar-refractivity contribution in [3.8, 4) is 122 Å². The lowest BCUT2D eigenvalue weighted by Crippen LogP contribution is -1.94. The number of furan rings is 3. The number of rotatable bonds is 13. The molecule has 0 atom stereocenters. The third kappa shape index (κ3) is 10.9. The van der Waals surface area contributed by atoms with Crippen molar-refractivity contribution in [2.75, 3.05) is 0 Å². The number of hydrogen-bond acceptors (Lipinski definition) is 3. The first-order chi connectivity index (χ1) is 58.5. The molecular formula is C115H72O3. The van der Waals surface area contributed by atoms with E-state index >= 15 is 0 Å². The Kier molecular flexibility index (Phi) is 16.0. The lowest BCUT2D eigenvalue weighted by atomic mass is 9.82. The fourth-order valence-corrected chi connectivity index (χ4v) is 19.4. The van der Waals surface area contributed by atoms with Gasteiger partial charge in [-0.1, -0.05) is 352 Å². The largest absolute Gasteiger partial charge is 0.456 e. The Hall–Kier alpha value is -15.4. The van der Waals surface area contributed by atoms with Gasteiger partial charge in [-0.25, -0.2) is 0 Å². The van der Waals surface area contributed by atoms with Gasteiger partial charge in [0.05, 0.1) is 0 Å². The molecule has 0 spiro atoms. The van der Waals surface area contributed by atoms with Gasteiger partial charge in [0.25, 0.3) is 0 Å². The molecule has 0 unspecified atom stereocenters. The van der Waals surface area contributed by atoms with Gasteiger partial charge in [0.15, 0.2) is 0 Å². The van der Waals surface area contributed by atoms with Crippen LogP contribution >= 0.6 is 0 Å². The minimum atomic E-state index is 0.765. The minimum Gasteiger partial charge on any atom is -0.456 e. The molecule has 3 heteroatoms. The van der Waals surface area contributed by atoms with E-state index < -0.39 is 0 Å². The summed E-state index contributed by atoms with van der Waals surface area (Å²) in [5, 5.41) is 19.7. The monoisotopic (exact) mass is 1500 g/mol. The molecule has 0 N–H and O–H groups in total. The van der Waals surface area contributed by atoms with Crippen LogP contribution in [0.5, 0.6) is 0 Å². The molecule has 0 radical (unpaired) electrons. The lowest BCUT2D eigenvalue weighted by molar-refractivity contribution is 0.603. The van der Waals surface area contributed by atoms with Gasteiger partial charge in [-0.3, -0.25) is 0 Å². The van der Waals surface area contributed by atoms with Gasteiger partial charge >= 0.3 is 0 Å². The molecule has 118 heavy (non-hydrogen) atoms. The maximum Gasteiger partial charge on any atom is 0.136 e. The third-order valence-electron chi connectivity index (χ3n) is 24.6. The Labute approximate surface area is 681 Å². The highest BCUT2D eigenvalue weighted by molar-refractivity contribution is 6.29. The molecule has 0 aliphatic heterocycles. The lowest BCUT2D eigenvalue weighted by Gasteiger charge is -2.21. The summed E-state index contributed by atoms with van der Waals surface area (Å²) in [6.07, 6.45) is 5.98. The van der Waals surface area contributed by atoms with Crippen LogP contribution in [-0.4, -0.2) is 0 Å². The van der Waals surface area contributed by atoms with Gasteiger partial charge in [0, 0.05) is 32.5 Å². The van der Waals surface area contributed by atoms with E-state index in [1.165, 1.54) is 109 Å². The Morgan fingerprint density at radius 1 is 0.195 bits per heavy atom. The van der Waals surface area contributed by atoms with Crippen LogP contribution in [-0.2, 0) is 0 Å². The first-order valence-electron chi connectivity index (χ1n) is 40.6. The van der Waals surface area contributed by atoms with Crippen LogP contribution in [0.1, 0.15) is 18.2 Å². The Bertz CT molecular complexity index is 8060. The van der Waals surface area contributed by atoms with Crippen LogP contribution in [0.25, 0.3) is 254 Å². The Morgan fingerprint density at radius 3 is 1.02 bits per heavy atom. The maximum atomic E-state index is 6.59. The normalized spacial score (nSPS) is 11.9. The summed E-state index contributed by atoms with van der Waals surface area (Å²) in [4.78, 5) is 0. The Balaban J connectivity index is 0.670. The van der Waals surface area contributed by atoms with E-state index in [0.29, 0.717) is 0 Å². The maximum absolute atomic E-state index is 6.59. The number of fused-ring (bicyclic) bond motifs is 13. The van der Waals surface area contributed by atoms with E-state index in [2.05, 4.69) is 395 Å². The fourth-order valence-electron chi connectivity index (χ4n) is 19.4. The Morgan fingerprint density at radius 2 is 0.517 bits per heavy atom. The topological polar surface area (TPSA) is 39.4 Å². The second-order valence-electron chi connectivity index (χ2n) is 31.0. The molecule has 3 aromatic heterocycles. The number of hydrogen-bond donors (Lipinski definition) is 0. The first-order valence-corrected chi connectivity index (χ1v) is 40.6. The average molecular weight is 1500 g/mol. The predicted molar refractivity (Wildman–Crippen MR) is 500 cm³/mol. The molecule has 0 fully saturated rings. The molecule has 0 aliphatic carbocycles. The third-order valence-corrected chi connectivity index (χ3v) is 24.6. The molecule has 0 amide bonds. The molecule has 0 saturated carbocycles. The molecule has 0 aliphatic rings. The SMILES string of the molecule is C=Cc1oc2cc(-c3c4ccccc4c(-c4ccccc4-c4ccccc4)c4cc(-c5ccc(-c6ccccc6-c6c7ccccc7c(-c7ccc8oc9ccccc9c8c7)c7ccc(-c8ccc(-c9ccccc9-c9c%10ccccc%10c(-c%10cccc%11oc%12ccccc%12c%10%11)c%10ccccc9%10)cc8)cc67)cc5)ccc34)ccc2c1/C=C\C. The summed E-state index contributed by atoms with van der Waals surface area (Å²) in [5.41, 5.74) is 30.9. The summed E-state index contributed by atoms with van der Waals surface area (Å²) in [6.45, 7) is 6.17. The van der Waals surface area contributed by atoms with Crippen LogP contribution < -0.4 is 0 Å². The first kappa shape index (κ1) is 68.2. The highest BCUT2D eigenvalue weighted by atomic mass is 16.3. The highest BCUT2D eigenvalue weighted by Crippen LogP contribution is 2.54. The zero-order chi connectivity index (χ0) is 78.1. The highest BCUT2D eigenvalue weighted by Gasteiger charge is 2.27. The summed E-state index contributed by atoms with van der Waals surface area (Å²) >= 11 is 0. The van der Waals surface area contributed by atoms with E-state index in [0.717, 1.165) is 144 Å². The smallest absolute Gasteiger partial charge is 0.136 e. The van der Waals surface area contributed by atoms with Crippen molar-refractivity contribution in [2.24, 2.45) is 0 Å². The van der Waals surface area contributed by atoms with Gasteiger partial charge in [0.2, 0.25) is 0 Å². The summed E-state index contributed by atoms with van der Waals surface area (Å²) in [5.74, 6) is 0.765. The molecule has 3 heterocycles. The standard InChI is InChI=1S/C115H72O3/c1-3-27-82-84-62-60-78(69-108(84)116-103(82)4-2)110-89-38-15-17-40-91(89)113(86-35-12-8-30-79(86)72-28-6-5-7-29-72)102-67-76(59-64-97(102)110)71-52-56-74(57-53-71)81-32-10-13-36-87(81)114-90-39-16-14-37-88(90)109(77-61-65-106-100(68-77)83-33-22-24-47-104(83)117-106)96-63-58-75(66-101(96)114)70-50-54-73(55-51-70)80-31-9-11-34-85(80)111-92-41-18-20-43-94(92)112(95-44-21-19-42-93(95)111)99-46-26-49-107-115(99)98-45-23-25-48-105(98)118-107/h3-69H,2H2,1H3/b27-3-. The zero-order valence-corrected chi connectivity index (χ0v) is 64.6. The second kappa shape index (κ2) is 27.7. The van der Waals surface area contributed by atoms with Crippen molar-refractivity contribution in [3.63, 3.8) is 0 Å². The van der Waals surface area contributed by atoms with Crippen molar-refractivity contribution in [1.82, 2.24) is 0 Å². The van der Waals surface area contributed by atoms with E-state index in [4.69, 9.17) is 13.3 Å². The van der Waals surface area contributed by atoms with E-state index in [1.54, 1.807) is 0 Å². The summed E-state index contributed by atoms with van der Waals surface area (Å²) in [7, 11) is 0. The van der Waals surface area contributed by atoms with Crippen molar-refractivity contribution in [3.05, 3.63) is 412 Å². The number of allylic oxidation sites excluding steroid dienone is 1. The molecule has 0 bridgehead atoms. The van der Waals surface area contributed by atoms with Gasteiger partial charge in [0.1, 0.15) is 33.7 Å². The molecule has 20 aromatic carbocycles. The fraction of sp³-hybridized carbons (Fsp3) is 0.00870. The summed E-state index contributed by atoms with van der Waals surface area (Å²) in [6, 6.07) is 143. The molecule has 550 valence electrons. The average Bonchev–Trinajstić information content (AvgIpc) is 0.962. The number of para-hydroxylation sites is 2. The second-order valence-corrected chi connectivity index (χ2v) is 31.0. The van der Waals surface area contributed by atoms with Gasteiger partial charge in [-0.05, 0) is 255 Å². The quantitative estimate of drug-likeness (QED) is 0.108. The molecule has 23 aromatic rings. The van der Waals surface area contributed by atoms with E-state index in [9.17, 15) is 0 Å². The van der Waals surface area contributed by atoms with E-state index in [-0.39, 0.29) is 0 Å². The summed E-state index contributed by atoms with van der Waals surface area (Å²) < 4.78 is 19.6. The molecular weight excluding hydrogens is 1430 g/mol. The van der Waals surface area contributed by atoms with Crippen molar-refractivity contribution < 1.29 is 13.3 Å². The van der Waals surface area contributed by atoms with Crippen LogP contribution in [0.15, 0.2) is 414 Å². The molecule has 0 saturated heterocycles. The van der Waals surface area contributed by atoms with Gasteiger partial charge < -0.3 is 13.3 Å². The predicted octanol–water partition coefficient (Wildman–Crippen LogP) is 33.2. The van der Waals surface area contributed by atoms with Crippen LogP contribution in [0.3, 0.4) is 0 Å². The minimum absolute atomic E-state index is 0.765. The van der Waals surface area contributed by atoms with Crippen LogP contribution in [0.2, 0.25) is 0 Å². The number of benzene rings is 20. The van der Waals surface area contributed by atoms with Crippen molar-refractivity contribution in [1.29, 1.82) is 0 Å². The van der Waals surface area contributed by atoms with Gasteiger partial charge in [-0.15, -0.1) is 0 Å².